The van der Waals surface area contributed by atoms with Gasteiger partial charge in [-0.25, -0.2) is 4.98 Å². The van der Waals surface area contributed by atoms with E-state index in [1.165, 1.54) is 0 Å². The van der Waals surface area contributed by atoms with E-state index in [0.717, 1.165) is 31.7 Å². The summed E-state index contributed by atoms with van der Waals surface area (Å²) in [6, 6.07) is 14.1. The molecule has 0 saturated heterocycles. The summed E-state index contributed by atoms with van der Waals surface area (Å²) in [5, 5.41) is 6.16. The first kappa shape index (κ1) is 24.9. The van der Waals surface area contributed by atoms with Crippen molar-refractivity contribution in [2.24, 2.45) is 0 Å². The van der Waals surface area contributed by atoms with Crippen LogP contribution in [0.3, 0.4) is 0 Å². The van der Waals surface area contributed by atoms with Gasteiger partial charge in [0.25, 0.3) is 11.8 Å². The molecular formula is C26H32N6O2. The molecule has 0 unspecified atom stereocenters. The topological polar surface area (TPSA) is 90.5 Å². The number of carbonyl (C=O) groups is 2. The van der Waals surface area contributed by atoms with E-state index >= 15 is 0 Å². The molecule has 2 heterocycles. The Morgan fingerprint density at radius 2 is 1.71 bits per heavy atom. The molecule has 2 aromatic heterocycles. The number of carbonyl (C=O) groups excluding carboxylic acids is 2. The smallest absolute Gasteiger partial charge is 0.258 e. The fraction of sp³-hybridized carbons (Fsp3) is 0.308. The van der Waals surface area contributed by atoms with Crippen LogP contribution in [0.5, 0.6) is 0 Å². The first-order valence-corrected chi connectivity index (χ1v) is 11.5. The average Bonchev–Trinajstić information content (AvgIpc) is 2.88. The van der Waals surface area contributed by atoms with Gasteiger partial charge in [-0.2, -0.15) is 0 Å². The Morgan fingerprint density at radius 3 is 2.44 bits per heavy atom. The van der Waals surface area contributed by atoms with E-state index in [2.05, 4.69) is 39.3 Å². The van der Waals surface area contributed by atoms with Crippen molar-refractivity contribution in [1.29, 1.82) is 0 Å². The Balaban J connectivity index is 1.61. The Bertz CT molecular complexity index is 1090. The molecule has 1 aromatic carbocycles. The highest BCUT2D eigenvalue weighted by molar-refractivity contribution is 6.06. The Hall–Kier alpha value is -3.78. The molecule has 34 heavy (non-hydrogen) atoms. The Labute approximate surface area is 201 Å². The molecule has 0 aliphatic carbocycles. The van der Waals surface area contributed by atoms with E-state index in [0.29, 0.717) is 29.2 Å². The van der Waals surface area contributed by atoms with Crippen molar-refractivity contribution >= 4 is 29.0 Å². The Kier molecular flexibility index (Phi) is 9.11. The summed E-state index contributed by atoms with van der Waals surface area (Å²) in [5.41, 5.74) is 2.53. The van der Waals surface area contributed by atoms with E-state index in [1.807, 2.05) is 12.1 Å². The van der Waals surface area contributed by atoms with Gasteiger partial charge in [-0.1, -0.05) is 19.9 Å². The van der Waals surface area contributed by atoms with E-state index in [4.69, 9.17) is 0 Å². The van der Waals surface area contributed by atoms with Gasteiger partial charge in [0.15, 0.2) is 0 Å². The molecule has 0 spiro atoms. The number of nitrogens with one attached hydrogen (secondary N) is 2. The predicted molar refractivity (Wildman–Crippen MR) is 136 cm³/mol. The minimum Gasteiger partial charge on any atom is -0.352 e. The van der Waals surface area contributed by atoms with Crippen LogP contribution in [0, 0.1) is 0 Å². The molecule has 0 aliphatic rings. The zero-order valence-electron chi connectivity index (χ0n) is 20.0. The maximum Gasteiger partial charge on any atom is 0.258 e. The van der Waals surface area contributed by atoms with Crippen molar-refractivity contribution in [3.05, 3.63) is 78.2 Å². The zero-order chi connectivity index (χ0) is 24.3. The number of amides is 2. The van der Waals surface area contributed by atoms with Gasteiger partial charge in [0.2, 0.25) is 0 Å². The number of anilines is 3. The first-order valence-electron chi connectivity index (χ1n) is 11.5. The molecule has 3 aromatic rings. The van der Waals surface area contributed by atoms with Crippen molar-refractivity contribution in [3.8, 4) is 0 Å². The highest BCUT2D eigenvalue weighted by atomic mass is 16.2. The molecule has 0 saturated carbocycles. The van der Waals surface area contributed by atoms with Crippen molar-refractivity contribution in [2.45, 2.75) is 20.3 Å². The molecule has 0 atom stereocenters. The molecule has 2 amide bonds. The largest absolute Gasteiger partial charge is 0.352 e. The quantitative estimate of drug-likeness (QED) is 0.421. The van der Waals surface area contributed by atoms with E-state index in [-0.39, 0.29) is 11.8 Å². The average molecular weight is 461 g/mol. The summed E-state index contributed by atoms with van der Waals surface area (Å²) in [5.74, 6) is 0.261. The van der Waals surface area contributed by atoms with Crippen LogP contribution in [-0.2, 0) is 0 Å². The van der Waals surface area contributed by atoms with Crippen LogP contribution in [0.1, 0.15) is 41.0 Å². The zero-order valence-corrected chi connectivity index (χ0v) is 20.0. The monoisotopic (exact) mass is 460 g/mol. The van der Waals surface area contributed by atoms with Crippen LogP contribution in [0.25, 0.3) is 0 Å². The second kappa shape index (κ2) is 12.5. The number of pyridine rings is 2. The van der Waals surface area contributed by atoms with Gasteiger partial charge in [-0.3, -0.25) is 14.6 Å². The van der Waals surface area contributed by atoms with Crippen molar-refractivity contribution in [1.82, 2.24) is 20.2 Å². The van der Waals surface area contributed by atoms with Gasteiger partial charge in [-0.05, 0) is 68.5 Å². The summed E-state index contributed by atoms with van der Waals surface area (Å²) < 4.78 is 0. The van der Waals surface area contributed by atoms with Crippen LogP contribution in [0.2, 0.25) is 0 Å². The van der Waals surface area contributed by atoms with Crippen LogP contribution in [0.4, 0.5) is 17.2 Å². The maximum atomic E-state index is 12.9. The minimum atomic E-state index is -0.138. The molecule has 0 fully saturated rings. The number of aromatic nitrogens is 2. The SMILES string of the molecule is CCN(CC)CCCNC(=O)c1ccnc(Nc2cccc(C(=O)N(C)c3ccncc3)c2)c1. The molecule has 0 bridgehead atoms. The third-order valence-corrected chi connectivity index (χ3v) is 5.59. The number of hydrogen-bond acceptors (Lipinski definition) is 6. The normalized spacial score (nSPS) is 10.7. The first-order chi connectivity index (χ1) is 16.5. The van der Waals surface area contributed by atoms with Crippen LogP contribution in [0.15, 0.2) is 67.1 Å². The van der Waals surface area contributed by atoms with Crippen LogP contribution < -0.4 is 15.5 Å². The van der Waals surface area contributed by atoms with Crippen molar-refractivity contribution < 1.29 is 9.59 Å². The maximum absolute atomic E-state index is 12.9. The van der Waals surface area contributed by atoms with Gasteiger partial charge >= 0.3 is 0 Å². The third kappa shape index (κ3) is 6.86. The van der Waals surface area contributed by atoms with E-state index in [1.54, 1.807) is 66.9 Å². The fourth-order valence-corrected chi connectivity index (χ4v) is 3.54. The second-order valence-electron chi connectivity index (χ2n) is 7.84. The lowest BCUT2D eigenvalue weighted by Crippen LogP contribution is -2.29. The van der Waals surface area contributed by atoms with Crippen LogP contribution in [-0.4, -0.2) is 59.9 Å². The summed E-state index contributed by atoms with van der Waals surface area (Å²) in [7, 11) is 1.73. The molecule has 0 aliphatic heterocycles. The summed E-state index contributed by atoms with van der Waals surface area (Å²) in [4.78, 5) is 37.7. The third-order valence-electron chi connectivity index (χ3n) is 5.59. The highest BCUT2D eigenvalue weighted by Gasteiger charge is 2.14. The summed E-state index contributed by atoms with van der Waals surface area (Å²) >= 11 is 0. The van der Waals surface area contributed by atoms with E-state index in [9.17, 15) is 9.59 Å². The predicted octanol–water partition coefficient (Wildman–Crippen LogP) is 3.96. The molecule has 178 valence electrons. The minimum absolute atomic E-state index is 0.132. The standard InChI is InChI=1S/C26H32N6O2/c1-4-32(5-2)17-7-13-29-25(33)20-10-16-28-24(19-20)30-22-9-6-8-21(18-22)26(34)31(3)23-11-14-27-15-12-23/h6,8-12,14-16,18-19H,4-5,7,13,17H2,1-3H3,(H,28,30)(H,29,33). The van der Waals surface area contributed by atoms with Crippen molar-refractivity contribution in [3.63, 3.8) is 0 Å². The number of hydrogen-bond donors (Lipinski definition) is 2. The molecule has 8 heteroatoms. The van der Waals surface area contributed by atoms with Gasteiger partial charge in [-0.15, -0.1) is 0 Å². The molecule has 0 radical (unpaired) electrons. The fourth-order valence-electron chi connectivity index (χ4n) is 3.54. The summed E-state index contributed by atoms with van der Waals surface area (Å²) in [6.45, 7) is 7.88. The molecule has 8 nitrogen and oxygen atoms in total. The number of rotatable bonds is 11. The van der Waals surface area contributed by atoms with Gasteiger partial charge in [0.1, 0.15) is 5.82 Å². The number of nitrogens with zero attached hydrogens (tertiary/aromatic N) is 4. The highest BCUT2D eigenvalue weighted by Crippen LogP contribution is 2.20. The molecular weight excluding hydrogens is 428 g/mol. The van der Waals surface area contributed by atoms with Gasteiger partial charge < -0.3 is 20.4 Å². The Morgan fingerprint density at radius 1 is 0.941 bits per heavy atom. The second-order valence-corrected chi connectivity index (χ2v) is 7.84. The molecule has 2 N–H and O–H groups in total. The lowest BCUT2D eigenvalue weighted by molar-refractivity contribution is 0.0950. The van der Waals surface area contributed by atoms with Gasteiger partial charge in [0, 0.05) is 54.7 Å². The summed E-state index contributed by atoms with van der Waals surface area (Å²) in [6.07, 6.45) is 5.80. The molecule has 3 rings (SSSR count). The van der Waals surface area contributed by atoms with Crippen LogP contribution >= 0.6 is 0 Å². The van der Waals surface area contributed by atoms with Crippen molar-refractivity contribution in [2.75, 3.05) is 43.4 Å². The lowest BCUT2D eigenvalue weighted by Gasteiger charge is -2.18. The lowest BCUT2D eigenvalue weighted by atomic mass is 10.1. The van der Waals surface area contributed by atoms with E-state index < -0.39 is 0 Å². The number of benzene rings is 1. The van der Waals surface area contributed by atoms with Gasteiger partial charge in [0.05, 0.1) is 0 Å².